The molecule has 1 aromatic rings. The number of hydrogen-bond donors (Lipinski definition) is 0. The van der Waals surface area contributed by atoms with Crippen molar-refractivity contribution in [1.82, 2.24) is 9.97 Å². The standard InChI is InChI=1S/C14H18ClN3O3/c1-9(19)21-11-5-3-10(4-6-11)14(20)18(2)13-12(15)16-7-8-17-13/h7-8,10-11H,3-6H2,1-2H3/t10-,11+. The first kappa shape index (κ1) is 15.7. The molecule has 0 unspecified atom stereocenters. The molecule has 0 aromatic carbocycles. The van der Waals surface area contributed by atoms with Crippen molar-refractivity contribution in [3.05, 3.63) is 17.5 Å². The van der Waals surface area contributed by atoms with Crippen molar-refractivity contribution in [1.29, 1.82) is 0 Å². The van der Waals surface area contributed by atoms with E-state index in [0.29, 0.717) is 31.5 Å². The van der Waals surface area contributed by atoms with Crippen LogP contribution in [-0.2, 0) is 14.3 Å². The molecule has 0 bridgehead atoms. The Morgan fingerprint density at radius 1 is 1.24 bits per heavy atom. The minimum Gasteiger partial charge on any atom is -0.463 e. The van der Waals surface area contributed by atoms with Crippen molar-refractivity contribution in [3.8, 4) is 0 Å². The van der Waals surface area contributed by atoms with Gasteiger partial charge in [0.15, 0.2) is 11.0 Å². The van der Waals surface area contributed by atoms with Gasteiger partial charge in [0, 0.05) is 32.3 Å². The van der Waals surface area contributed by atoms with Gasteiger partial charge in [-0.25, -0.2) is 9.97 Å². The highest BCUT2D eigenvalue weighted by molar-refractivity contribution is 6.32. The molecule has 0 N–H and O–H groups in total. The number of halogens is 1. The molecule has 1 aromatic heterocycles. The molecule has 0 spiro atoms. The topological polar surface area (TPSA) is 72.4 Å². The molecule has 1 amide bonds. The average Bonchev–Trinajstić information content (AvgIpc) is 2.46. The Labute approximate surface area is 128 Å². The van der Waals surface area contributed by atoms with Gasteiger partial charge < -0.3 is 4.74 Å². The largest absolute Gasteiger partial charge is 0.463 e. The molecule has 0 atom stereocenters. The Hall–Kier alpha value is -1.69. The first-order valence-corrected chi connectivity index (χ1v) is 7.28. The normalized spacial score (nSPS) is 21.7. The van der Waals surface area contributed by atoms with E-state index in [0.717, 1.165) is 0 Å². The lowest BCUT2D eigenvalue weighted by Crippen LogP contribution is -2.37. The highest BCUT2D eigenvalue weighted by atomic mass is 35.5. The van der Waals surface area contributed by atoms with Crippen LogP contribution in [0, 0.1) is 5.92 Å². The Balaban J connectivity index is 1.96. The maximum Gasteiger partial charge on any atom is 0.302 e. The fraction of sp³-hybridized carbons (Fsp3) is 0.571. The van der Waals surface area contributed by atoms with Crippen molar-refractivity contribution in [3.63, 3.8) is 0 Å². The SMILES string of the molecule is CC(=O)O[C@H]1CC[C@@H](C(=O)N(C)c2nccnc2Cl)CC1. The van der Waals surface area contributed by atoms with Gasteiger partial charge in [0.2, 0.25) is 5.91 Å². The van der Waals surface area contributed by atoms with E-state index in [2.05, 4.69) is 9.97 Å². The number of carbonyl (C=O) groups excluding carboxylic acids is 2. The minimum absolute atomic E-state index is 0.0290. The van der Waals surface area contributed by atoms with Crippen molar-refractivity contribution in [2.75, 3.05) is 11.9 Å². The third kappa shape index (κ3) is 3.91. The molecule has 7 heteroatoms. The van der Waals surface area contributed by atoms with E-state index in [9.17, 15) is 9.59 Å². The van der Waals surface area contributed by atoms with Crippen molar-refractivity contribution < 1.29 is 14.3 Å². The number of carbonyl (C=O) groups is 2. The van der Waals surface area contributed by atoms with Crippen LogP contribution in [0.3, 0.4) is 0 Å². The van der Waals surface area contributed by atoms with E-state index in [1.165, 1.54) is 24.2 Å². The number of amides is 1. The van der Waals surface area contributed by atoms with Gasteiger partial charge in [0.05, 0.1) is 0 Å². The molecule has 1 aliphatic rings. The van der Waals surface area contributed by atoms with Crippen molar-refractivity contribution >= 4 is 29.3 Å². The van der Waals surface area contributed by atoms with Crippen LogP contribution in [0.4, 0.5) is 5.82 Å². The monoisotopic (exact) mass is 311 g/mol. The molecule has 2 rings (SSSR count). The number of hydrogen-bond acceptors (Lipinski definition) is 5. The maximum atomic E-state index is 12.5. The maximum absolute atomic E-state index is 12.5. The summed E-state index contributed by atoms with van der Waals surface area (Å²) in [7, 11) is 1.65. The average molecular weight is 312 g/mol. The second-order valence-electron chi connectivity index (χ2n) is 5.15. The summed E-state index contributed by atoms with van der Waals surface area (Å²) in [6, 6.07) is 0. The van der Waals surface area contributed by atoms with Crippen LogP contribution in [0.2, 0.25) is 5.15 Å². The van der Waals surface area contributed by atoms with Crippen LogP contribution in [0.25, 0.3) is 0 Å². The van der Waals surface area contributed by atoms with Crippen LogP contribution in [-0.4, -0.2) is 35.0 Å². The smallest absolute Gasteiger partial charge is 0.302 e. The highest BCUT2D eigenvalue weighted by Gasteiger charge is 2.30. The number of esters is 1. The van der Waals surface area contributed by atoms with Gasteiger partial charge in [-0.15, -0.1) is 0 Å². The van der Waals surface area contributed by atoms with Crippen LogP contribution in [0.1, 0.15) is 32.6 Å². The summed E-state index contributed by atoms with van der Waals surface area (Å²) in [5.74, 6) is -0.0296. The molecule has 1 aliphatic carbocycles. The first-order valence-electron chi connectivity index (χ1n) is 6.90. The lowest BCUT2D eigenvalue weighted by Gasteiger charge is -2.29. The second kappa shape index (κ2) is 6.85. The van der Waals surface area contributed by atoms with Crippen LogP contribution < -0.4 is 4.90 Å². The predicted octanol–water partition coefficient (Wildman–Crippen LogP) is 2.21. The predicted molar refractivity (Wildman–Crippen MR) is 78.0 cm³/mol. The first-order chi connectivity index (χ1) is 9.99. The molecule has 114 valence electrons. The Morgan fingerprint density at radius 2 is 1.86 bits per heavy atom. The molecule has 6 nitrogen and oxygen atoms in total. The van der Waals surface area contributed by atoms with Gasteiger partial charge >= 0.3 is 5.97 Å². The molecule has 1 fully saturated rings. The zero-order valence-corrected chi connectivity index (χ0v) is 12.8. The van der Waals surface area contributed by atoms with Gasteiger partial charge in [-0.2, -0.15) is 0 Å². The van der Waals surface area contributed by atoms with E-state index in [1.807, 2.05) is 0 Å². The van der Waals surface area contributed by atoms with E-state index >= 15 is 0 Å². The summed E-state index contributed by atoms with van der Waals surface area (Å²) in [6.07, 6.45) is 5.71. The quantitative estimate of drug-likeness (QED) is 0.800. The number of ether oxygens (including phenoxy) is 1. The molecular weight excluding hydrogens is 294 g/mol. The van der Waals surface area contributed by atoms with Crippen molar-refractivity contribution in [2.45, 2.75) is 38.7 Å². The Kier molecular flexibility index (Phi) is 5.12. The molecule has 21 heavy (non-hydrogen) atoms. The third-order valence-electron chi connectivity index (χ3n) is 3.64. The summed E-state index contributed by atoms with van der Waals surface area (Å²) in [5, 5.41) is 0.210. The Bertz CT molecular complexity index is 530. The van der Waals surface area contributed by atoms with Crippen LogP contribution >= 0.6 is 11.6 Å². The summed E-state index contributed by atoms with van der Waals surface area (Å²) in [4.78, 5) is 32.9. The van der Waals surface area contributed by atoms with Gasteiger partial charge in [-0.05, 0) is 25.7 Å². The van der Waals surface area contributed by atoms with Crippen LogP contribution in [0.5, 0.6) is 0 Å². The molecule has 0 saturated heterocycles. The number of aromatic nitrogens is 2. The summed E-state index contributed by atoms with van der Waals surface area (Å²) >= 11 is 5.96. The third-order valence-corrected chi connectivity index (χ3v) is 3.91. The van der Waals surface area contributed by atoms with Gasteiger partial charge in [-0.3, -0.25) is 14.5 Å². The van der Waals surface area contributed by atoms with E-state index in [1.54, 1.807) is 7.05 Å². The van der Waals surface area contributed by atoms with Crippen LogP contribution in [0.15, 0.2) is 12.4 Å². The molecular formula is C14H18ClN3O3. The minimum atomic E-state index is -0.270. The fourth-order valence-corrected chi connectivity index (χ4v) is 2.81. The molecule has 1 heterocycles. The lowest BCUT2D eigenvalue weighted by atomic mass is 9.86. The van der Waals surface area contributed by atoms with Gasteiger partial charge in [-0.1, -0.05) is 11.6 Å². The lowest BCUT2D eigenvalue weighted by molar-refractivity contribution is -0.148. The molecule has 0 radical (unpaired) electrons. The number of anilines is 1. The highest BCUT2D eigenvalue weighted by Crippen LogP contribution is 2.29. The zero-order valence-electron chi connectivity index (χ0n) is 12.1. The van der Waals surface area contributed by atoms with Gasteiger partial charge in [0.25, 0.3) is 0 Å². The molecule has 1 saturated carbocycles. The molecule has 0 aliphatic heterocycles. The summed E-state index contributed by atoms with van der Waals surface area (Å²) < 4.78 is 5.18. The summed E-state index contributed by atoms with van der Waals surface area (Å²) in [5.41, 5.74) is 0. The van der Waals surface area contributed by atoms with E-state index < -0.39 is 0 Å². The number of rotatable bonds is 3. The van der Waals surface area contributed by atoms with Crippen molar-refractivity contribution in [2.24, 2.45) is 5.92 Å². The number of nitrogens with zero attached hydrogens (tertiary/aromatic N) is 3. The fourth-order valence-electron chi connectivity index (χ4n) is 2.58. The van der Waals surface area contributed by atoms with Gasteiger partial charge in [0.1, 0.15) is 6.10 Å². The Morgan fingerprint density at radius 3 is 2.43 bits per heavy atom. The van der Waals surface area contributed by atoms with E-state index in [4.69, 9.17) is 16.3 Å². The van der Waals surface area contributed by atoms with E-state index in [-0.39, 0.29) is 29.1 Å². The summed E-state index contributed by atoms with van der Waals surface area (Å²) in [6.45, 7) is 1.40. The second-order valence-corrected chi connectivity index (χ2v) is 5.51. The zero-order chi connectivity index (χ0) is 15.4.